The lowest BCUT2D eigenvalue weighted by molar-refractivity contribution is -0.115. The molecule has 0 bridgehead atoms. The van der Waals surface area contributed by atoms with E-state index < -0.39 is 0 Å². The first kappa shape index (κ1) is 21.2. The van der Waals surface area contributed by atoms with Gasteiger partial charge < -0.3 is 10.2 Å². The third-order valence-electron chi connectivity index (χ3n) is 5.66. The summed E-state index contributed by atoms with van der Waals surface area (Å²) >= 11 is 1.50. The van der Waals surface area contributed by atoms with E-state index in [9.17, 15) is 9.59 Å². The van der Waals surface area contributed by atoms with Gasteiger partial charge in [0.1, 0.15) is 5.01 Å². The Kier molecular flexibility index (Phi) is 6.72. The van der Waals surface area contributed by atoms with Crippen LogP contribution < -0.4 is 5.32 Å². The standard InChI is InChI=1S/C24H26N4O2S/c1-28(21-7-3-2-4-8-21)24(30)17-9-11-19(12-10-17)26-22(29)14-20-16-31-23(27-20)18-6-5-13-25-15-18/h5-6,9-13,15-16,21H,2-4,7-8,14H2,1H3,(H,26,29). The highest BCUT2D eigenvalue weighted by Crippen LogP contribution is 2.24. The number of thiazole rings is 1. The molecule has 1 aliphatic carbocycles. The molecule has 1 fully saturated rings. The summed E-state index contributed by atoms with van der Waals surface area (Å²) in [6.45, 7) is 0. The molecule has 6 nitrogen and oxygen atoms in total. The summed E-state index contributed by atoms with van der Waals surface area (Å²) in [5.41, 5.74) is 2.98. The fourth-order valence-electron chi connectivity index (χ4n) is 3.91. The van der Waals surface area contributed by atoms with Crippen LogP contribution in [0.4, 0.5) is 5.69 Å². The molecule has 7 heteroatoms. The number of nitrogens with zero attached hydrogens (tertiary/aromatic N) is 3. The second kappa shape index (κ2) is 9.83. The quantitative estimate of drug-likeness (QED) is 0.605. The molecule has 3 aromatic rings. The first-order valence-corrected chi connectivity index (χ1v) is 11.5. The number of carbonyl (C=O) groups is 2. The molecule has 1 N–H and O–H groups in total. The second-order valence-corrected chi connectivity index (χ2v) is 8.75. The van der Waals surface area contributed by atoms with Crippen molar-refractivity contribution < 1.29 is 9.59 Å². The van der Waals surface area contributed by atoms with Gasteiger partial charge in [-0.3, -0.25) is 14.6 Å². The Bertz CT molecular complexity index is 1030. The molecule has 4 rings (SSSR count). The van der Waals surface area contributed by atoms with Gasteiger partial charge in [0.05, 0.1) is 12.1 Å². The van der Waals surface area contributed by atoms with Crippen LogP contribution in [0.5, 0.6) is 0 Å². The molecule has 1 aromatic carbocycles. The molecule has 1 saturated carbocycles. The minimum atomic E-state index is -0.138. The summed E-state index contributed by atoms with van der Waals surface area (Å²) in [7, 11) is 1.89. The lowest BCUT2D eigenvalue weighted by Crippen LogP contribution is -2.38. The van der Waals surface area contributed by atoms with E-state index in [-0.39, 0.29) is 18.2 Å². The van der Waals surface area contributed by atoms with Gasteiger partial charge in [-0.15, -0.1) is 11.3 Å². The molecule has 0 atom stereocenters. The van der Waals surface area contributed by atoms with E-state index in [4.69, 9.17) is 0 Å². The highest BCUT2D eigenvalue weighted by atomic mass is 32.1. The molecule has 31 heavy (non-hydrogen) atoms. The summed E-state index contributed by atoms with van der Waals surface area (Å²) in [6, 6.07) is 11.3. The van der Waals surface area contributed by atoms with E-state index in [1.807, 2.05) is 29.5 Å². The van der Waals surface area contributed by atoms with Crippen LogP contribution in [-0.4, -0.2) is 39.8 Å². The van der Waals surface area contributed by atoms with Crippen LogP contribution in [0.3, 0.4) is 0 Å². The predicted molar refractivity (Wildman–Crippen MR) is 123 cm³/mol. The lowest BCUT2D eigenvalue weighted by atomic mass is 9.94. The van der Waals surface area contributed by atoms with Gasteiger partial charge >= 0.3 is 0 Å². The number of hydrogen-bond donors (Lipinski definition) is 1. The van der Waals surface area contributed by atoms with Crippen molar-refractivity contribution in [2.45, 2.75) is 44.6 Å². The van der Waals surface area contributed by atoms with Crippen molar-refractivity contribution in [1.29, 1.82) is 0 Å². The number of rotatable bonds is 6. The van der Waals surface area contributed by atoms with Crippen molar-refractivity contribution in [2.75, 3.05) is 12.4 Å². The van der Waals surface area contributed by atoms with E-state index in [2.05, 4.69) is 15.3 Å². The monoisotopic (exact) mass is 434 g/mol. The molecule has 0 unspecified atom stereocenters. The maximum absolute atomic E-state index is 12.8. The fourth-order valence-corrected chi connectivity index (χ4v) is 4.72. The molecule has 1 aliphatic rings. The first-order valence-electron chi connectivity index (χ1n) is 10.6. The summed E-state index contributed by atoms with van der Waals surface area (Å²) in [5.74, 6) is -0.100. The molecule has 2 amide bonds. The molecule has 2 aromatic heterocycles. The Morgan fingerprint density at radius 2 is 1.90 bits per heavy atom. The molecule has 160 valence electrons. The van der Waals surface area contributed by atoms with Crippen LogP contribution in [0, 0.1) is 0 Å². The predicted octanol–water partition coefficient (Wildman–Crippen LogP) is 4.79. The van der Waals surface area contributed by atoms with Crippen LogP contribution in [-0.2, 0) is 11.2 Å². The minimum Gasteiger partial charge on any atom is -0.339 e. The van der Waals surface area contributed by atoms with Crippen LogP contribution >= 0.6 is 11.3 Å². The fraction of sp³-hybridized carbons (Fsp3) is 0.333. The zero-order valence-electron chi connectivity index (χ0n) is 17.6. The summed E-state index contributed by atoms with van der Waals surface area (Å²) in [4.78, 5) is 35.7. The Morgan fingerprint density at radius 1 is 1.13 bits per heavy atom. The topological polar surface area (TPSA) is 75.2 Å². The summed E-state index contributed by atoms with van der Waals surface area (Å²) < 4.78 is 0. The number of anilines is 1. The Hall–Kier alpha value is -3.06. The van der Waals surface area contributed by atoms with Crippen molar-refractivity contribution in [1.82, 2.24) is 14.9 Å². The minimum absolute atomic E-state index is 0.0372. The second-order valence-electron chi connectivity index (χ2n) is 7.90. The number of hydrogen-bond acceptors (Lipinski definition) is 5. The number of aromatic nitrogens is 2. The molecule has 0 aliphatic heterocycles. The van der Waals surface area contributed by atoms with Gasteiger partial charge in [0, 0.05) is 47.7 Å². The maximum atomic E-state index is 12.8. The Morgan fingerprint density at radius 3 is 2.61 bits per heavy atom. The molecular formula is C24H26N4O2S. The van der Waals surface area contributed by atoms with Crippen LogP contribution in [0.1, 0.15) is 48.2 Å². The number of carbonyl (C=O) groups excluding carboxylic acids is 2. The largest absolute Gasteiger partial charge is 0.339 e. The lowest BCUT2D eigenvalue weighted by Gasteiger charge is -2.31. The van der Waals surface area contributed by atoms with E-state index in [0.29, 0.717) is 17.3 Å². The summed E-state index contributed by atoms with van der Waals surface area (Å²) in [5, 5.41) is 5.63. The van der Waals surface area contributed by atoms with Crippen LogP contribution in [0.15, 0.2) is 54.2 Å². The van der Waals surface area contributed by atoms with Gasteiger partial charge in [-0.2, -0.15) is 0 Å². The molecule has 2 heterocycles. The smallest absolute Gasteiger partial charge is 0.253 e. The zero-order chi connectivity index (χ0) is 21.6. The maximum Gasteiger partial charge on any atom is 0.253 e. The Balaban J connectivity index is 1.33. The van der Waals surface area contributed by atoms with Gasteiger partial charge in [-0.05, 0) is 49.2 Å². The van der Waals surface area contributed by atoms with E-state index >= 15 is 0 Å². The van der Waals surface area contributed by atoms with Crippen molar-refractivity contribution in [3.05, 3.63) is 65.4 Å². The number of nitrogens with one attached hydrogen (secondary N) is 1. The first-order chi connectivity index (χ1) is 15.1. The third kappa shape index (κ3) is 5.35. The SMILES string of the molecule is CN(C(=O)c1ccc(NC(=O)Cc2csc(-c3cccnc3)n2)cc1)C1CCCCC1. The summed E-state index contributed by atoms with van der Waals surface area (Å²) in [6.07, 6.45) is 9.48. The highest BCUT2D eigenvalue weighted by Gasteiger charge is 2.23. The zero-order valence-corrected chi connectivity index (χ0v) is 18.4. The number of benzene rings is 1. The van der Waals surface area contributed by atoms with E-state index in [0.717, 1.165) is 29.1 Å². The van der Waals surface area contributed by atoms with E-state index in [1.54, 1.807) is 36.7 Å². The van der Waals surface area contributed by atoms with E-state index in [1.165, 1.54) is 30.6 Å². The van der Waals surface area contributed by atoms with Crippen molar-refractivity contribution >= 4 is 28.8 Å². The molecular weight excluding hydrogens is 408 g/mol. The highest BCUT2D eigenvalue weighted by molar-refractivity contribution is 7.13. The van der Waals surface area contributed by atoms with Gasteiger partial charge in [-0.25, -0.2) is 4.98 Å². The normalized spacial score (nSPS) is 14.2. The molecule has 0 spiro atoms. The molecule has 0 radical (unpaired) electrons. The van der Waals surface area contributed by atoms with Crippen molar-refractivity contribution in [2.24, 2.45) is 0 Å². The van der Waals surface area contributed by atoms with Gasteiger partial charge in [0.15, 0.2) is 0 Å². The average molecular weight is 435 g/mol. The Labute approximate surface area is 186 Å². The van der Waals surface area contributed by atoms with Crippen LogP contribution in [0.25, 0.3) is 10.6 Å². The number of pyridine rings is 1. The van der Waals surface area contributed by atoms with Crippen LogP contribution in [0.2, 0.25) is 0 Å². The molecule has 0 saturated heterocycles. The van der Waals surface area contributed by atoms with Crippen molar-refractivity contribution in [3.8, 4) is 10.6 Å². The number of amides is 2. The van der Waals surface area contributed by atoms with Gasteiger partial charge in [-0.1, -0.05) is 19.3 Å². The van der Waals surface area contributed by atoms with Gasteiger partial charge in [0.2, 0.25) is 5.91 Å². The third-order valence-corrected chi connectivity index (χ3v) is 6.60. The van der Waals surface area contributed by atoms with Crippen molar-refractivity contribution in [3.63, 3.8) is 0 Å². The average Bonchev–Trinajstić information content (AvgIpc) is 3.28. The van der Waals surface area contributed by atoms with Gasteiger partial charge in [0.25, 0.3) is 5.91 Å².